The van der Waals surface area contributed by atoms with Crippen molar-refractivity contribution < 1.29 is 24.6 Å². The minimum Gasteiger partial charge on any atom is -0.481 e. The number of primary amides is 1. The minimum absolute atomic E-state index is 0.0595. The molecular formula is C20H24N2O5. The summed E-state index contributed by atoms with van der Waals surface area (Å²) in [5.41, 5.74) is 6.32. The molecule has 0 aromatic heterocycles. The smallest absolute Gasteiger partial charge is 0.303 e. The van der Waals surface area contributed by atoms with Gasteiger partial charge in [-0.15, -0.1) is 0 Å². The van der Waals surface area contributed by atoms with Gasteiger partial charge in [-0.2, -0.15) is 0 Å². The number of rotatable bonds is 6. The Kier molecular flexibility index (Phi) is 7.38. The topological polar surface area (TPSA) is 130 Å². The lowest BCUT2D eigenvalue weighted by molar-refractivity contribution is -0.137. The first-order chi connectivity index (χ1) is 12.8. The van der Waals surface area contributed by atoms with Gasteiger partial charge in [0.2, 0.25) is 5.91 Å². The molecule has 0 saturated heterocycles. The summed E-state index contributed by atoms with van der Waals surface area (Å²) >= 11 is 0. The number of nitrogens with one attached hydrogen (secondary N) is 1. The highest BCUT2D eigenvalue weighted by Crippen LogP contribution is 2.23. The highest BCUT2D eigenvalue weighted by molar-refractivity contribution is 5.97. The molecule has 7 nitrogen and oxygen atoms in total. The van der Waals surface area contributed by atoms with E-state index in [0.29, 0.717) is 5.56 Å². The van der Waals surface area contributed by atoms with Gasteiger partial charge in [-0.1, -0.05) is 11.8 Å². The molecule has 1 saturated carbocycles. The molecule has 0 unspecified atom stereocenters. The number of aliphatic hydroxyl groups is 1. The van der Waals surface area contributed by atoms with E-state index in [9.17, 15) is 19.5 Å². The molecule has 2 amide bonds. The Morgan fingerprint density at radius 3 is 2.33 bits per heavy atom. The van der Waals surface area contributed by atoms with Crippen molar-refractivity contribution in [3.8, 4) is 11.8 Å². The second-order valence-corrected chi connectivity index (χ2v) is 6.71. The third-order valence-corrected chi connectivity index (χ3v) is 4.56. The third kappa shape index (κ3) is 6.76. The Labute approximate surface area is 157 Å². The number of hydrogen-bond donors (Lipinski definition) is 4. The van der Waals surface area contributed by atoms with E-state index < -0.39 is 23.8 Å². The number of carbonyl (C=O) groups excluding carboxylic acids is 2. The summed E-state index contributed by atoms with van der Waals surface area (Å²) in [4.78, 5) is 34.2. The van der Waals surface area contributed by atoms with Crippen molar-refractivity contribution in [3.63, 3.8) is 0 Å². The molecule has 1 aromatic rings. The first-order valence-corrected chi connectivity index (χ1v) is 8.97. The van der Waals surface area contributed by atoms with E-state index in [0.717, 1.165) is 31.2 Å². The van der Waals surface area contributed by atoms with Crippen LogP contribution in [0.4, 0.5) is 0 Å². The van der Waals surface area contributed by atoms with Crippen LogP contribution >= 0.6 is 0 Å². The number of aliphatic carboxylic acids is 1. The van der Waals surface area contributed by atoms with Crippen LogP contribution in [0, 0.1) is 17.8 Å². The van der Waals surface area contributed by atoms with Crippen LogP contribution in [-0.4, -0.2) is 40.1 Å². The van der Waals surface area contributed by atoms with E-state index in [1.54, 1.807) is 24.3 Å². The fourth-order valence-corrected chi connectivity index (χ4v) is 2.91. The number of aliphatic hydroxyl groups excluding tert-OH is 1. The average Bonchev–Trinajstić information content (AvgIpc) is 2.64. The summed E-state index contributed by atoms with van der Waals surface area (Å²) in [5.74, 6) is 4.23. The molecule has 1 aromatic carbocycles. The van der Waals surface area contributed by atoms with Crippen LogP contribution in [0.25, 0.3) is 0 Å². The summed E-state index contributed by atoms with van der Waals surface area (Å²) in [7, 11) is 0. The maximum absolute atomic E-state index is 12.2. The summed E-state index contributed by atoms with van der Waals surface area (Å²) in [6.45, 7) is 0. The van der Waals surface area contributed by atoms with Crippen molar-refractivity contribution in [1.82, 2.24) is 5.32 Å². The number of nitrogens with two attached hydrogens (primary N) is 1. The second kappa shape index (κ2) is 9.74. The van der Waals surface area contributed by atoms with Gasteiger partial charge in [-0.3, -0.25) is 14.4 Å². The van der Waals surface area contributed by atoms with Crippen LogP contribution in [0.1, 0.15) is 54.4 Å². The fourth-order valence-electron chi connectivity index (χ4n) is 2.91. The maximum atomic E-state index is 12.2. The van der Waals surface area contributed by atoms with Crippen LogP contribution in [-0.2, 0) is 9.59 Å². The molecule has 7 heteroatoms. The van der Waals surface area contributed by atoms with Crippen LogP contribution in [0.15, 0.2) is 24.3 Å². The standard InChI is InChI=1S/C20H24N2O5/c21-19(26)17(11-12-18(24)25)22-20(27)15-7-3-13(4-8-15)1-2-14-5-9-16(23)10-6-14/h3-4,7-8,14,16-17,23H,5-6,9-12H2,(H2,21,26)(H,22,27)(H,24,25)/t14?,16?,17-/m0/s1. The zero-order valence-electron chi connectivity index (χ0n) is 15.0. The summed E-state index contributed by atoms with van der Waals surface area (Å²) in [5, 5.41) is 20.7. The first-order valence-electron chi connectivity index (χ1n) is 8.97. The molecule has 0 spiro atoms. The minimum atomic E-state index is -1.06. The molecule has 1 fully saturated rings. The van der Waals surface area contributed by atoms with Crippen molar-refractivity contribution >= 4 is 17.8 Å². The Morgan fingerprint density at radius 2 is 1.78 bits per heavy atom. The van der Waals surface area contributed by atoms with Gasteiger partial charge in [-0.25, -0.2) is 0 Å². The normalized spacial score (nSPS) is 20.0. The van der Waals surface area contributed by atoms with E-state index >= 15 is 0 Å². The highest BCUT2D eigenvalue weighted by Gasteiger charge is 2.20. The number of amides is 2. The van der Waals surface area contributed by atoms with Crippen LogP contribution in [0.5, 0.6) is 0 Å². The molecule has 1 aliphatic rings. The quantitative estimate of drug-likeness (QED) is 0.554. The van der Waals surface area contributed by atoms with Crippen molar-refractivity contribution in [3.05, 3.63) is 35.4 Å². The van der Waals surface area contributed by atoms with E-state index in [2.05, 4.69) is 17.2 Å². The molecule has 0 bridgehead atoms. The van der Waals surface area contributed by atoms with Gasteiger partial charge < -0.3 is 21.3 Å². The largest absolute Gasteiger partial charge is 0.481 e. The Bertz CT molecular complexity index is 740. The van der Waals surface area contributed by atoms with Crippen molar-refractivity contribution in [2.45, 2.75) is 50.7 Å². The third-order valence-electron chi connectivity index (χ3n) is 4.56. The van der Waals surface area contributed by atoms with Crippen LogP contribution in [0.3, 0.4) is 0 Å². The molecule has 0 radical (unpaired) electrons. The number of carboxylic acids is 1. The Hall–Kier alpha value is -2.85. The second-order valence-electron chi connectivity index (χ2n) is 6.71. The number of hydrogen-bond acceptors (Lipinski definition) is 4. The number of carbonyl (C=O) groups is 3. The molecule has 2 rings (SSSR count). The molecule has 0 heterocycles. The Balaban J connectivity index is 1.94. The first kappa shape index (κ1) is 20.5. The predicted molar refractivity (Wildman–Crippen MR) is 98.6 cm³/mol. The van der Waals surface area contributed by atoms with E-state index in [1.165, 1.54) is 0 Å². The van der Waals surface area contributed by atoms with E-state index in [4.69, 9.17) is 10.8 Å². The van der Waals surface area contributed by atoms with Gasteiger partial charge in [0.25, 0.3) is 5.91 Å². The molecule has 144 valence electrons. The SMILES string of the molecule is NC(=O)[C@H](CCC(=O)O)NC(=O)c1ccc(C#CC2CCC(O)CC2)cc1. The number of carboxylic acid groups (broad SMARTS) is 1. The summed E-state index contributed by atoms with van der Waals surface area (Å²) in [6.07, 6.45) is 2.80. The van der Waals surface area contributed by atoms with Crippen LogP contribution in [0.2, 0.25) is 0 Å². The zero-order chi connectivity index (χ0) is 19.8. The van der Waals surface area contributed by atoms with E-state index in [1.807, 2.05) is 0 Å². The van der Waals surface area contributed by atoms with Gasteiger partial charge >= 0.3 is 5.97 Å². The van der Waals surface area contributed by atoms with Crippen LogP contribution < -0.4 is 11.1 Å². The van der Waals surface area contributed by atoms with Gasteiger partial charge in [-0.05, 0) is 56.4 Å². The molecule has 1 aliphatic carbocycles. The van der Waals surface area contributed by atoms with Gasteiger partial charge in [0, 0.05) is 23.5 Å². The van der Waals surface area contributed by atoms with Gasteiger partial charge in [0.1, 0.15) is 6.04 Å². The van der Waals surface area contributed by atoms with Crippen molar-refractivity contribution in [2.75, 3.05) is 0 Å². The lowest BCUT2D eigenvalue weighted by Gasteiger charge is -2.21. The molecular weight excluding hydrogens is 348 g/mol. The lowest BCUT2D eigenvalue weighted by Crippen LogP contribution is -2.44. The average molecular weight is 372 g/mol. The highest BCUT2D eigenvalue weighted by atomic mass is 16.4. The molecule has 0 aliphatic heterocycles. The maximum Gasteiger partial charge on any atom is 0.303 e. The molecule has 27 heavy (non-hydrogen) atoms. The summed E-state index contributed by atoms with van der Waals surface area (Å²) < 4.78 is 0. The number of benzene rings is 1. The van der Waals surface area contributed by atoms with Gasteiger partial charge in [0.15, 0.2) is 0 Å². The van der Waals surface area contributed by atoms with Gasteiger partial charge in [0.05, 0.1) is 6.10 Å². The summed E-state index contributed by atoms with van der Waals surface area (Å²) in [6, 6.07) is 5.60. The monoisotopic (exact) mass is 372 g/mol. The van der Waals surface area contributed by atoms with Crippen molar-refractivity contribution in [1.29, 1.82) is 0 Å². The lowest BCUT2D eigenvalue weighted by atomic mass is 9.88. The zero-order valence-corrected chi connectivity index (χ0v) is 15.0. The molecule has 1 atom stereocenters. The Morgan fingerprint density at radius 1 is 1.15 bits per heavy atom. The van der Waals surface area contributed by atoms with E-state index in [-0.39, 0.29) is 24.9 Å². The molecule has 5 N–H and O–H groups in total. The van der Waals surface area contributed by atoms with Crippen molar-refractivity contribution in [2.24, 2.45) is 11.7 Å². The fraction of sp³-hybridized carbons (Fsp3) is 0.450. The predicted octanol–water partition coefficient (Wildman–Crippen LogP) is 1.04.